The number of carbonyl (C=O) groups excluding carboxylic acids is 3. The second-order valence-corrected chi connectivity index (χ2v) is 25.9. The summed E-state index contributed by atoms with van der Waals surface area (Å²) in [6.45, 7) is 6.69. The average Bonchev–Trinajstić information content (AvgIpc) is 3.49. The molecule has 6 nitrogen and oxygen atoms in total. The second kappa shape index (κ2) is 72.4. The molecule has 6 heteroatoms. The average molecular weight is 1170 g/mol. The van der Waals surface area contributed by atoms with Crippen LogP contribution in [0.15, 0.2) is 24.3 Å². The molecule has 0 saturated heterocycles. The Bertz CT molecular complexity index is 1340. The van der Waals surface area contributed by atoms with E-state index in [-0.39, 0.29) is 31.1 Å². The van der Waals surface area contributed by atoms with Gasteiger partial charge in [0.2, 0.25) is 0 Å². The zero-order valence-electron chi connectivity index (χ0n) is 56.5. The van der Waals surface area contributed by atoms with Crippen molar-refractivity contribution in [3.63, 3.8) is 0 Å². The molecule has 490 valence electrons. The third-order valence-corrected chi connectivity index (χ3v) is 17.5. The van der Waals surface area contributed by atoms with E-state index < -0.39 is 6.10 Å². The van der Waals surface area contributed by atoms with Gasteiger partial charge in [0.05, 0.1) is 0 Å². The minimum absolute atomic E-state index is 0.0681. The molecule has 0 amide bonds. The highest BCUT2D eigenvalue weighted by Gasteiger charge is 2.20. The maximum atomic E-state index is 12.9. The van der Waals surface area contributed by atoms with Gasteiger partial charge in [-0.3, -0.25) is 14.4 Å². The van der Waals surface area contributed by atoms with E-state index in [1.165, 1.54) is 321 Å². The minimum atomic E-state index is -0.773. The van der Waals surface area contributed by atoms with Crippen molar-refractivity contribution in [3.8, 4) is 0 Å². The van der Waals surface area contributed by atoms with Crippen LogP contribution in [0.4, 0.5) is 0 Å². The van der Waals surface area contributed by atoms with Crippen molar-refractivity contribution in [2.45, 2.75) is 438 Å². The summed E-state index contributed by atoms with van der Waals surface area (Å²) in [5.74, 6) is -0.843. The van der Waals surface area contributed by atoms with Crippen LogP contribution in [0.25, 0.3) is 0 Å². The van der Waals surface area contributed by atoms with Crippen LogP contribution < -0.4 is 0 Å². The van der Waals surface area contributed by atoms with Gasteiger partial charge in [0, 0.05) is 19.3 Å². The minimum Gasteiger partial charge on any atom is -0.462 e. The van der Waals surface area contributed by atoms with E-state index in [0.29, 0.717) is 19.3 Å². The quantitative estimate of drug-likeness (QED) is 0.0261. The molecule has 0 radical (unpaired) electrons. The molecular formula is C77H146O6. The molecule has 0 N–H and O–H groups in total. The predicted molar refractivity (Wildman–Crippen MR) is 363 cm³/mol. The van der Waals surface area contributed by atoms with Crippen LogP contribution in [0.3, 0.4) is 0 Å². The summed E-state index contributed by atoms with van der Waals surface area (Å²) < 4.78 is 17.0. The maximum absolute atomic E-state index is 12.9. The molecule has 0 heterocycles. The number of unbranched alkanes of at least 4 members (excludes halogenated alkanes) is 56. The molecule has 0 rings (SSSR count). The van der Waals surface area contributed by atoms with E-state index in [2.05, 4.69) is 45.1 Å². The van der Waals surface area contributed by atoms with Crippen molar-refractivity contribution >= 4 is 17.9 Å². The lowest BCUT2D eigenvalue weighted by Gasteiger charge is -2.18. The van der Waals surface area contributed by atoms with Crippen LogP contribution in [-0.4, -0.2) is 37.2 Å². The number of ether oxygens (including phenoxy) is 3. The lowest BCUT2D eigenvalue weighted by molar-refractivity contribution is -0.167. The Hall–Kier alpha value is -2.11. The van der Waals surface area contributed by atoms with E-state index in [1.54, 1.807) is 0 Å². The van der Waals surface area contributed by atoms with Gasteiger partial charge in [-0.2, -0.15) is 0 Å². The smallest absolute Gasteiger partial charge is 0.306 e. The highest BCUT2D eigenvalue weighted by molar-refractivity contribution is 5.71. The van der Waals surface area contributed by atoms with E-state index in [0.717, 1.165) is 70.6 Å². The first-order chi connectivity index (χ1) is 41.0. The van der Waals surface area contributed by atoms with Crippen LogP contribution in [-0.2, 0) is 28.6 Å². The molecule has 0 fully saturated rings. The number of rotatable bonds is 71. The molecule has 0 aliphatic carbocycles. The van der Waals surface area contributed by atoms with Gasteiger partial charge in [0.25, 0.3) is 0 Å². The van der Waals surface area contributed by atoms with E-state index >= 15 is 0 Å². The van der Waals surface area contributed by atoms with Crippen LogP contribution in [0, 0.1) is 0 Å². The topological polar surface area (TPSA) is 78.9 Å². The zero-order chi connectivity index (χ0) is 59.9. The Kier molecular flexibility index (Phi) is 70.5. The maximum Gasteiger partial charge on any atom is 0.306 e. The van der Waals surface area contributed by atoms with Gasteiger partial charge >= 0.3 is 17.9 Å². The van der Waals surface area contributed by atoms with Gasteiger partial charge in [0.15, 0.2) is 6.10 Å². The second-order valence-electron chi connectivity index (χ2n) is 25.9. The van der Waals surface area contributed by atoms with E-state index in [9.17, 15) is 14.4 Å². The van der Waals surface area contributed by atoms with Crippen LogP contribution in [0.5, 0.6) is 0 Å². The molecule has 1 unspecified atom stereocenters. The molecule has 0 spiro atoms. The Labute approximate surface area is 519 Å². The first-order valence-electron chi connectivity index (χ1n) is 37.8. The van der Waals surface area contributed by atoms with Gasteiger partial charge < -0.3 is 14.2 Å². The Morgan fingerprint density at radius 3 is 0.687 bits per heavy atom. The van der Waals surface area contributed by atoms with Crippen molar-refractivity contribution in [1.29, 1.82) is 0 Å². The number of hydrogen-bond donors (Lipinski definition) is 0. The summed E-state index contributed by atoms with van der Waals surface area (Å²) in [7, 11) is 0. The van der Waals surface area contributed by atoms with Crippen LogP contribution in [0.1, 0.15) is 432 Å². The first-order valence-corrected chi connectivity index (χ1v) is 37.8. The van der Waals surface area contributed by atoms with E-state index in [4.69, 9.17) is 14.2 Å². The van der Waals surface area contributed by atoms with Gasteiger partial charge in [-0.15, -0.1) is 0 Å². The fourth-order valence-electron chi connectivity index (χ4n) is 11.8. The number of hydrogen-bond acceptors (Lipinski definition) is 6. The Morgan fingerprint density at radius 1 is 0.241 bits per heavy atom. The van der Waals surface area contributed by atoms with Crippen LogP contribution in [0.2, 0.25) is 0 Å². The van der Waals surface area contributed by atoms with Crippen molar-refractivity contribution in [2.24, 2.45) is 0 Å². The first kappa shape index (κ1) is 80.9. The standard InChI is InChI=1S/C77H146O6/c1-4-7-10-13-16-19-22-25-28-30-31-32-33-34-35-36-37-38-39-40-41-42-43-44-45-46-48-49-52-55-58-61-64-67-70-76(79)82-73-74(72-81-75(78)69-66-63-60-57-54-51-27-24-21-18-15-12-9-6-3)83-77(80)71-68-65-62-59-56-53-50-47-29-26-23-20-17-14-11-8-5-2/h17,20,26,29,74H,4-16,18-19,21-25,27-28,30-73H2,1-3H3/b20-17-,29-26-. The van der Waals surface area contributed by atoms with Gasteiger partial charge in [-0.1, -0.05) is 385 Å². The summed E-state index contributed by atoms with van der Waals surface area (Å²) in [6, 6.07) is 0. The zero-order valence-corrected chi connectivity index (χ0v) is 56.5. The molecular weight excluding hydrogens is 1020 g/mol. The molecule has 0 aromatic heterocycles. The Balaban J connectivity index is 4.08. The van der Waals surface area contributed by atoms with E-state index in [1.807, 2.05) is 0 Å². The molecule has 0 aromatic rings. The monoisotopic (exact) mass is 1170 g/mol. The molecule has 1 atom stereocenters. The molecule has 83 heavy (non-hydrogen) atoms. The molecule has 0 aromatic carbocycles. The number of allylic oxidation sites excluding steroid dienone is 4. The van der Waals surface area contributed by atoms with Gasteiger partial charge in [-0.25, -0.2) is 0 Å². The molecule has 0 aliphatic rings. The largest absolute Gasteiger partial charge is 0.462 e. The Morgan fingerprint density at radius 2 is 0.434 bits per heavy atom. The highest BCUT2D eigenvalue weighted by Crippen LogP contribution is 2.20. The van der Waals surface area contributed by atoms with Crippen molar-refractivity contribution in [3.05, 3.63) is 24.3 Å². The van der Waals surface area contributed by atoms with Crippen LogP contribution >= 0.6 is 0 Å². The van der Waals surface area contributed by atoms with Gasteiger partial charge in [0.1, 0.15) is 13.2 Å². The number of carbonyl (C=O) groups is 3. The number of esters is 3. The molecule has 0 aliphatic heterocycles. The van der Waals surface area contributed by atoms with Gasteiger partial charge in [-0.05, 0) is 51.4 Å². The molecule has 0 bridgehead atoms. The summed E-state index contributed by atoms with van der Waals surface area (Å²) in [5.41, 5.74) is 0. The summed E-state index contributed by atoms with van der Waals surface area (Å²) in [5, 5.41) is 0. The fraction of sp³-hybridized carbons (Fsp3) is 0.909. The third-order valence-electron chi connectivity index (χ3n) is 17.5. The summed E-state index contributed by atoms with van der Waals surface area (Å²) >= 11 is 0. The third kappa shape index (κ3) is 70.5. The summed E-state index contributed by atoms with van der Waals surface area (Å²) in [4.78, 5) is 38.4. The highest BCUT2D eigenvalue weighted by atomic mass is 16.6. The lowest BCUT2D eigenvalue weighted by atomic mass is 10.0. The SMILES string of the molecule is CCCCC/C=C\C/C=C\CCCCCCCCCC(=O)OC(COC(=O)CCCCCCCCCCCCCCCC)COC(=O)CCCCCCCCCCCCCCCCCCCCCCCCCCCCCCCCCCCC. The fourth-order valence-corrected chi connectivity index (χ4v) is 11.8. The molecule has 0 saturated carbocycles. The lowest BCUT2D eigenvalue weighted by Crippen LogP contribution is -2.30. The predicted octanol–water partition coefficient (Wildman–Crippen LogP) is 26.1. The van der Waals surface area contributed by atoms with Crippen molar-refractivity contribution < 1.29 is 28.6 Å². The van der Waals surface area contributed by atoms with Crippen molar-refractivity contribution in [2.75, 3.05) is 13.2 Å². The summed E-state index contributed by atoms with van der Waals surface area (Å²) in [6.07, 6.45) is 89.6. The van der Waals surface area contributed by atoms with Crippen molar-refractivity contribution in [1.82, 2.24) is 0 Å². The normalized spacial score (nSPS) is 12.1.